The molecule has 6 nitrogen and oxygen atoms in total. The third-order valence-electron chi connectivity index (χ3n) is 16.9. The van der Waals surface area contributed by atoms with Crippen molar-refractivity contribution in [2.75, 3.05) is 39.6 Å². The van der Waals surface area contributed by atoms with Gasteiger partial charge in [0.1, 0.15) is 0 Å². The summed E-state index contributed by atoms with van der Waals surface area (Å²) in [6.07, 6.45) is 40.0. The minimum Gasteiger partial charge on any atom is -0.489 e. The van der Waals surface area contributed by atoms with Gasteiger partial charge in [-0.25, -0.2) is 0 Å². The van der Waals surface area contributed by atoms with Crippen molar-refractivity contribution >= 4 is 36.5 Å². The molecular formula is C74H118O6. The van der Waals surface area contributed by atoms with Crippen LogP contribution in [0.15, 0.2) is 49.6 Å². The van der Waals surface area contributed by atoms with Gasteiger partial charge in [0, 0.05) is 33.4 Å². The predicted octanol–water partition coefficient (Wildman–Crippen LogP) is 22.9. The van der Waals surface area contributed by atoms with Crippen LogP contribution >= 0.6 is 0 Å². The number of benzene rings is 3. The van der Waals surface area contributed by atoms with Crippen LogP contribution in [0.2, 0.25) is 0 Å². The first kappa shape index (κ1) is 69.7. The molecule has 0 aromatic heterocycles. The van der Waals surface area contributed by atoms with E-state index in [1.54, 1.807) is 0 Å². The molecule has 0 spiro atoms. The van der Waals surface area contributed by atoms with Gasteiger partial charge < -0.3 is 28.4 Å². The molecule has 0 fully saturated rings. The summed E-state index contributed by atoms with van der Waals surface area (Å²) in [6, 6.07) is 13.0. The maximum atomic E-state index is 7.22. The molecule has 0 saturated heterocycles. The van der Waals surface area contributed by atoms with Crippen molar-refractivity contribution in [1.29, 1.82) is 0 Å². The van der Waals surface area contributed by atoms with Gasteiger partial charge in [0.05, 0.1) is 39.6 Å². The van der Waals surface area contributed by atoms with Crippen LogP contribution in [-0.2, 0) is 0 Å². The molecule has 6 unspecified atom stereocenters. The first-order chi connectivity index (χ1) is 39.1. The molecule has 0 heterocycles. The highest BCUT2D eigenvalue weighted by Gasteiger charge is 2.23. The fraction of sp³-hybridized carbons (Fsp3) is 0.649. The van der Waals surface area contributed by atoms with Crippen LogP contribution in [0.3, 0.4) is 0 Å². The van der Waals surface area contributed by atoms with Gasteiger partial charge in [-0.1, -0.05) is 285 Å². The second-order valence-electron chi connectivity index (χ2n) is 23.1. The van der Waals surface area contributed by atoms with E-state index in [1.807, 2.05) is 12.2 Å². The highest BCUT2D eigenvalue weighted by atomic mass is 16.5. The molecule has 0 saturated carbocycles. The molecule has 450 valence electrons. The second-order valence-corrected chi connectivity index (χ2v) is 23.1. The molecule has 3 aromatic rings. The Hall–Kier alpha value is -4.58. The molecule has 0 bridgehead atoms. The maximum Gasteiger partial charge on any atom is 0.169 e. The zero-order chi connectivity index (χ0) is 58.3. The minimum absolute atomic E-state index is 0.418. The van der Waals surface area contributed by atoms with Gasteiger partial charge in [-0.3, -0.25) is 0 Å². The Morgan fingerprint density at radius 2 is 0.438 bits per heavy atom. The smallest absolute Gasteiger partial charge is 0.169 e. The Kier molecular flexibility index (Phi) is 36.8. The van der Waals surface area contributed by atoms with Gasteiger partial charge in [-0.15, -0.1) is 0 Å². The molecule has 80 heavy (non-hydrogen) atoms. The summed E-state index contributed by atoms with van der Waals surface area (Å²) in [5.74, 6) is 7.38. The van der Waals surface area contributed by atoms with Gasteiger partial charge in [0.2, 0.25) is 0 Å². The summed E-state index contributed by atoms with van der Waals surface area (Å²) in [7, 11) is 0. The molecule has 3 aromatic carbocycles. The normalized spacial score (nSPS) is 13.9. The molecule has 0 amide bonds. The van der Waals surface area contributed by atoms with Crippen molar-refractivity contribution < 1.29 is 28.4 Å². The van der Waals surface area contributed by atoms with Crippen LogP contribution in [0.25, 0.3) is 36.5 Å². The Labute approximate surface area is 492 Å². The summed E-state index contributed by atoms with van der Waals surface area (Å²) in [6.45, 7) is 39.6. The Bertz CT molecular complexity index is 2030. The predicted molar refractivity (Wildman–Crippen MR) is 350 cm³/mol. The number of hydrogen-bond donors (Lipinski definition) is 0. The molecule has 0 aliphatic rings. The van der Waals surface area contributed by atoms with E-state index in [9.17, 15) is 0 Å². The van der Waals surface area contributed by atoms with Crippen molar-refractivity contribution in [3.8, 4) is 34.5 Å². The Morgan fingerprint density at radius 3 is 0.588 bits per heavy atom. The highest BCUT2D eigenvalue weighted by Crippen LogP contribution is 2.43. The first-order valence-corrected chi connectivity index (χ1v) is 33.0. The SMILES string of the molecule is C=Cc1ccc(/C=C/c2ccc(/C=C/c3ccc(C=C)c(OCC(CC)CCCC)c3OCC(CC)CCCC)c(OCC(CC)CCCC)c2OCC(CC)CCCC)c(OCC(CC)CCCC)c1OCC(CC)CCCC. The van der Waals surface area contributed by atoms with Crippen molar-refractivity contribution in [2.24, 2.45) is 35.5 Å². The van der Waals surface area contributed by atoms with Gasteiger partial charge in [-0.05, 0) is 74.0 Å². The molecule has 0 radical (unpaired) electrons. The lowest BCUT2D eigenvalue weighted by atomic mass is 9.99. The van der Waals surface area contributed by atoms with Crippen molar-refractivity contribution in [1.82, 2.24) is 0 Å². The monoisotopic (exact) mass is 1100 g/mol. The van der Waals surface area contributed by atoms with Crippen molar-refractivity contribution in [3.63, 3.8) is 0 Å². The van der Waals surface area contributed by atoms with Crippen LogP contribution in [0, 0.1) is 35.5 Å². The first-order valence-electron chi connectivity index (χ1n) is 33.0. The molecule has 3 rings (SSSR count). The Balaban J connectivity index is 2.41. The number of rotatable bonds is 48. The third-order valence-corrected chi connectivity index (χ3v) is 16.9. The minimum atomic E-state index is 0.418. The highest BCUT2D eigenvalue weighted by molar-refractivity contribution is 5.84. The lowest BCUT2D eigenvalue weighted by Gasteiger charge is -2.23. The molecule has 0 aliphatic heterocycles. The fourth-order valence-electron chi connectivity index (χ4n) is 10.5. The zero-order valence-corrected chi connectivity index (χ0v) is 53.5. The van der Waals surface area contributed by atoms with E-state index in [-0.39, 0.29) is 0 Å². The number of ether oxygens (including phenoxy) is 6. The summed E-state index contributed by atoms with van der Waals surface area (Å²) < 4.78 is 42.2. The van der Waals surface area contributed by atoms with Gasteiger partial charge in [0.15, 0.2) is 34.5 Å². The third kappa shape index (κ3) is 24.1. The average molecular weight is 1100 g/mol. The van der Waals surface area contributed by atoms with Crippen LogP contribution in [0.4, 0.5) is 0 Å². The molecule has 6 heteroatoms. The van der Waals surface area contributed by atoms with E-state index in [0.29, 0.717) is 75.1 Å². The van der Waals surface area contributed by atoms with E-state index in [1.165, 1.54) is 64.2 Å². The molecule has 6 atom stereocenters. The summed E-state index contributed by atoms with van der Waals surface area (Å²) in [4.78, 5) is 0. The lowest BCUT2D eigenvalue weighted by Crippen LogP contribution is -2.15. The summed E-state index contributed by atoms with van der Waals surface area (Å²) in [5.41, 5.74) is 5.78. The van der Waals surface area contributed by atoms with Crippen LogP contribution in [0.1, 0.15) is 271 Å². The van der Waals surface area contributed by atoms with Crippen LogP contribution in [-0.4, -0.2) is 39.6 Å². The topological polar surface area (TPSA) is 55.4 Å². The quantitative estimate of drug-likeness (QED) is 0.0525. The van der Waals surface area contributed by atoms with Crippen molar-refractivity contribution in [2.45, 2.75) is 237 Å². The van der Waals surface area contributed by atoms with Crippen LogP contribution < -0.4 is 28.4 Å². The zero-order valence-electron chi connectivity index (χ0n) is 53.5. The fourth-order valence-corrected chi connectivity index (χ4v) is 10.5. The summed E-state index contributed by atoms with van der Waals surface area (Å²) >= 11 is 0. The van der Waals surface area contributed by atoms with E-state index in [2.05, 4.69) is 157 Å². The molecule has 0 aliphatic carbocycles. The molecule has 0 N–H and O–H groups in total. The standard InChI is InChI=1S/C74H118O6/c1-15-29-35-57(21-7)51-75-69-63(27-13)41-43-65(71(69)77-53-59(23-9)37-31-17-3)45-47-67-49-50-68(74(80-56-62(26-12)40-34-20-6)73(67)79-55-61(25-11)39-33-19-5)48-46-66-44-42-64(28-14)70(76-52-58(22-8)36-30-16-2)72(66)78-54-60(24-10)38-32-18-4/h27-28,41-50,57-62H,13-26,29-40,51-56H2,1-12H3/b47-45+,48-46+. The second kappa shape index (κ2) is 42.3. The van der Waals surface area contributed by atoms with Crippen molar-refractivity contribution in [3.05, 3.63) is 82.9 Å². The van der Waals surface area contributed by atoms with E-state index >= 15 is 0 Å². The number of unbranched alkanes of at least 4 members (excludes halogenated alkanes) is 6. The van der Waals surface area contributed by atoms with E-state index in [4.69, 9.17) is 28.4 Å². The maximum absolute atomic E-state index is 7.22. The number of hydrogen-bond acceptors (Lipinski definition) is 6. The summed E-state index contributed by atoms with van der Waals surface area (Å²) in [5, 5.41) is 0. The van der Waals surface area contributed by atoms with Gasteiger partial charge >= 0.3 is 0 Å². The van der Waals surface area contributed by atoms with Crippen LogP contribution in [0.5, 0.6) is 34.5 Å². The Morgan fingerprint density at radius 1 is 0.275 bits per heavy atom. The molecular weight excluding hydrogens is 985 g/mol. The van der Waals surface area contributed by atoms with Gasteiger partial charge in [0.25, 0.3) is 0 Å². The van der Waals surface area contributed by atoms with E-state index in [0.717, 1.165) is 158 Å². The average Bonchev–Trinajstić information content (AvgIpc) is 3.49. The lowest BCUT2D eigenvalue weighted by molar-refractivity contribution is 0.198. The largest absolute Gasteiger partial charge is 0.489 e. The van der Waals surface area contributed by atoms with Gasteiger partial charge in [-0.2, -0.15) is 0 Å². The van der Waals surface area contributed by atoms with E-state index < -0.39 is 0 Å².